The molecule has 3 nitrogen and oxygen atoms in total. The average Bonchev–Trinajstić information content (AvgIpc) is 2.68. The molecule has 0 aliphatic rings. The highest BCUT2D eigenvalue weighted by Gasteiger charge is 2.22. The van der Waals surface area contributed by atoms with Crippen molar-refractivity contribution in [2.24, 2.45) is 0 Å². The topological polar surface area (TPSA) is 50.2 Å². The van der Waals surface area contributed by atoms with Crippen molar-refractivity contribution < 1.29 is 18.7 Å². The van der Waals surface area contributed by atoms with Gasteiger partial charge in [-0.05, 0) is 19.4 Å². The van der Waals surface area contributed by atoms with Crippen LogP contribution >= 0.6 is 11.3 Å². The maximum atomic E-state index is 13.8. The van der Waals surface area contributed by atoms with Gasteiger partial charge in [0, 0.05) is 5.56 Å². The van der Waals surface area contributed by atoms with Gasteiger partial charge in [-0.3, -0.25) is 0 Å². The Kier molecular flexibility index (Phi) is 3.13. The Hall–Kier alpha value is -1.82. The van der Waals surface area contributed by atoms with E-state index in [-0.39, 0.29) is 21.7 Å². The molecule has 0 amide bonds. The van der Waals surface area contributed by atoms with E-state index in [9.17, 15) is 13.6 Å². The lowest BCUT2D eigenvalue weighted by Gasteiger charge is -2.04. The molecule has 0 atom stereocenters. The van der Waals surface area contributed by atoms with E-state index in [0.29, 0.717) is 5.01 Å². The number of carboxylic acid groups (broad SMARTS) is 1. The third kappa shape index (κ3) is 1.99. The molecule has 94 valence electrons. The number of carboxylic acids is 1. The monoisotopic (exact) mass is 269 g/mol. The van der Waals surface area contributed by atoms with Crippen LogP contribution in [0.1, 0.15) is 21.1 Å². The number of aromatic nitrogens is 1. The molecule has 0 saturated carbocycles. The molecule has 1 aromatic heterocycles. The van der Waals surface area contributed by atoms with Crippen molar-refractivity contribution in [1.29, 1.82) is 0 Å². The Morgan fingerprint density at radius 3 is 2.56 bits per heavy atom. The van der Waals surface area contributed by atoms with Gasteiger partial charge in [0.2, 0.25) is 0 Å². The van der Waals surface area contributed by atoms with Crippen molar-refractivity contribution >= 4 is 17.3 Å². The fourth-order valence-corrected chi connectivity index (χ4v) is 2.51. The van der Waals surface area contributed by atoms with Gasteiger partial charge in [-0.15, -0.1) is 11.3 Å². The Bertz CT molecular complexity index is 637. The van der Waals surface area contributed by atoms with E-state index in [1.807, 2.05) is 0 Å². The predicted octanol–water partition coefficient (Wildman–Crippen LogP) is 3.40. The van der Waals surface area contributed by atoms with E-state index in [1.165, 1.54) is 19.1 Å². The van der Waals surface area contributed by atoms with Gasteiger partial charge in [0.05, 0.1) is 9.88 Å². The first-order valence-electron chi connectivity index (χ1n) is 5.07. The molecular formula is C12H9F2NO2S. The molecule has 2 aromatic rings. The van der Waals surface area contributed by atoms with Gasteiger partial charge in [0.25, 0.3) is 0 Å². The Morgan fingerprint density at radius 2 is 1.94 bits per heavy atom. The number of nitrogens with zero attached hydrogens (tertiary/aromatic N) is 1. The molecule has 0 fully saturated rings. The first-order chi connectivity index (χ1) is 8.41. The van der Waals surface area contributed by atoms with Gasteiger partial charge >= 0.3 is 5.97 Å². The maximum Gasteiger partial charge on any atom is 0.356 e. The van der Waals surface area contributed by atoms with E-state index in [1.54, 1.807) is 6.92 Å². The first kappa shape index (κ1) is 12.6. The third-order valence-electron chi connectivity index (χ3n) is 2.46. The minimum absolute atomic E-state index is 0.0684. The molecule has 0 saturated heterocycles. The van der Waals surface area contributed by atoms with E-state index in [2.05, 4.69) is 4.98 Å². The summed E-state index contributed by atoms with van der Waals surface area (Å²) in [7, 11) is 0. The van der Waals surface area contributed by atoms with Crippen molar-refractivity contribution in [3.63, 3.8) is 0 Å². The van der Waals surface area contributed by atoms with E-state index in [4.69, 9.17) is 5.11 Å². The average molecular weight is 269 g/mol. The minimum Gasteiger partial charge on any atom is -0.476 e. The van der Waals surface area contributed by atoms with Crippen LogP contribution in [0.3, 0.4) is 0 Å². The van der Waals surface area contributed by atoms with Crippen LogP contribution in [0.2, 0.25) is 0 Å². The van der Waals surface area contributed by atoms with E-state index in [0.717, 1.165) is 11.3 Å². The molecule has 6 heteroatoms. The zero-order valence-corrected chi connectivity index (χ0v) is 10.4. The van der Waals surface area contributed by atoms with Crippen molar-refractivity contribution in [2.75, 3.05) is 0 Å². The predicted molar refractivity (Wildman–Crippen MR) is 63.9 cm³/mol. The van der Waals surface area contributed by atoms with Gasteiger partial charge in [-0.2, -0.15) is 0 Å². The molecule has 0 aliphatic heterocycles. The number of aromatic carboxylic acids is 1. The number of hydrogen-bond donors (Lipinski definition) is 1. The van der Waals surface area contributed by atoms with Crippen LogP contribution in [0.5, 0.6) is 0 Å². The molecule has 2 rings (SSSR count). The fourth-order valence-electron chi connectivity index (χ4n) is 1.58. The summed E-state index contributed by atoms with van der Waals surface area (Å²) < 4.78 is 27.3. The standard InChI is InChI=1S/C12H9F2NO2S/c1-5-3-4-7(9(14)8(5)13)11-10(12(16)17)15-6(2)18-11/h3-4H,1-2H3,(H,16,17). The Balaban J connectivity index is 2.70. The molecule has 1 N–H and O–H groups in total. The number of halogens is 2. The summed E-state index contributed by atoms with van der Waals surface area (Å²) in [6, 6.07) is 2.78. The number of rotatable bonds is 2. The molecule has 0 aliphatic carbocycles. The highest BCUT2D eigenvalue weighted by molar-refractivity contribution is 7.15. The van der Waals surface area contributed by atoms with Gasteiger partial charge in [0.1, 0.15) is 0 Å². The number of benzene rings is 1. The Morgan fingerprint density at radius 1 is 1.28 bits per heavy atom. The highest BCUT2D eigenvalue weighted by Crippen LogP contribution is 2.33. The maximum absolute atomic E-state index is 13.8. The van der Waals surface area contributed by atoms with Crippen molar-refractivity contribution in [2.45, 2.75) is 13.8 Å². The third-order valence-corrected chi connectivity index (χ3v) is 3.46. The van der Waals surface area contributed by atoms with Crippen LogP contribution in [0, 0.1) is 25.5 Å². The summed E-state index contributed by atoms with van der Waals surface area (Å²) in [5.41, 5.74) is -0.143. The number of hydrogen-bond acceptors (Lipinski definition) is 3. The summed E-state index contributed by atoms with van der Waals surface area (Å²) in [5, 5.41) is 9.47. The van der Waals surface area contributed by atoms with Crippen LogP contribution < -0.4 is 0 Å². The molecular weight excluding hydrogens is 260 g/mol. The highest BCUT2D eigenvalue weighted by atomic mass is 32.1. The zero-order valence-electron chi connectivity index (χ0n) is 9.62. The molecule has 1 heterocycles. The van der Waals surface area contributed by atoms with Crippen LogP contribution in [-0.2, 0) is 0 Å². The lowest BCUT2D eigenvalue weighted by Crippen LogP contribution is -2.00. The molecule has 1 aromatic carbocycles. The number of thiazole rings is 1. The summed E-state index contributed by atoms with van der Waals surface area (Å²) in [4.78, 5) is 14.9. The molecule has 0 unspecified atom stereocenters. The second kappa shape index (κ2) is 4.45. The lowest BCUT2D eigenvalue weighted by molar-refractivity contribution is 0.0692. The smallest absolute Gasteiger partial charge is 0.356 e. The molecule has 0 bridgehead atoms. The number of carbonyl (C=O) groups is 1. The van der Waals surface area contributed by atoms with E-state index < -0.39 is 17.6 Å². The summed E-state index contributed by atoms with van der Waals surface area (Å²) in [6.45, 7) is 3.06. The van der Waals surface area contributed by atoms with Crippen molar-refractivity contribution in [3.05, 3.63) is 40.0 Å². The van der Waals surface area contributed by atoms with Crippen molar-refractivity contribution in [1.82, 2.24) is 4.98 Å². The van der Waals surface area contributed by atoms with E-state index >= 15 is 0 Å². The summed E-state index contributed by atoms with van der Waals surface area (Å²) in [6.07, 6.45) is 0. The van der Waals surface area contributed by atoms with Gasteiger partial charge in [-0.1, -0.05) is 12.1 Å². The Labute approximate surface area is 106 Å². The van der Waals surface area contributed by atoms with Crippen LogP contribution in [0.4, 0.5) is 8.78 Å². The molecule has 18 heavy (non-hydrogen) atoms. The lowest BCUT2D eigenvalue weighted by atomic mass is 10.1. The SMILES string of the molecule is Cc1nc(C(=O)O)c(-c2ccc(C)c(F)c2F)s1. The molecule has 0 radical (unpaired) electrons. The second-order valence-corrected chi connectivity index (χ2v) is 4.98. The molecule has 0 spiro atoms. The summed E-state index contributed by atoms with van der Waals surface area (Å²) >= 11 is 1.03. The second-order valence-electron chi connectivity index (χ2n) is 3.77. The first-order valence-corrected chi connectivity index (χ1v) is 5.89. The minimum atomic E-state index is -1.25. The quantitative estimate of drug-likeness (QED) is 0.909. The van der Waals surface area contributed by atoms with Gasteiger partial charge in [0.15, 0.2) is 17.3 Å². The zero-order chi connectivity index (χ0) is 13.4. The van der Waals surface area contributed by atoms with Crippen molar-refractivity contribution in [3.8, 4) is 10.4 Å². The fraction of sp³-hybridized carbons (Fsp3) is 0.167. The van der Waals surface area contributed by atoms with Crippen LogP contribution in [0.15, 0.2) is 12.1 Å². The summed E-state index contributed by atoms with van der Waals surface area (Å²) in [5.74, 6) is -3.26. The van der Waals surface area contributed by atoms with Crippen LogP contribution in [0.25, 0.3) is 10.4 Å². The van der Waals surface area contributed by atoms with Gasteiger partial charge in [-0.25, -0.2) is 18.6 Å². The van der Waals surface area contributed by atoms with Gasteiger partial charge < -0.3 is 5.11 Å². The number of aryl methyl sites for hydroxylation is 2. The largest absolute Gasteiger partial charge is 0.476 e. The van der Waals surface area contributed by atoms with Crippen LogP contribution in [-0.4, -0.2) is 16.1 Å². The normalized spacial score (nSPS) is 10.7.